The van der Waals surface area contributed by atoms with E-state index >= 15 is 0 Å². The second-order valence-electron chi connectivity index (χ2n) is 3.75. The molecule has 1 aromatic carbocycles. The van der Waals surface area contributed by atoms with E-state index in [0.717, 1.165) is 6.07 Å². The van der Waals surface area contributed by atoms with Crippen LogP contribution in [0.2, 0.25) is 0 Å². The summed E-state index contributed by atoms with van der Waals surface area (Å²) >= 11 is 1.17. The molecule has 2 aromatic rings. The van der Waals surface area contributed by atoms with Crippen LogP contribution in [0.15, 0.2) is 30.3 Å². The highest BCUT2D eigenvalue weighted by atomic mass is 32.1. The van der Waals surface area contributed by atoms with Gasteiger partial charge in [-0.25, -0.2) is 8.78 Å². The number of nitrogens with two attached hydrogens (primary N) is 1. The van der Waals surface area contributed by atoms with Crippen molar-refractivity contribution in [1.82, 2.24) is 0 Å². The normalized spacial score (nSPS) is 9.75. The van der Waals surface area contributed by atoms with Crippen LogP contribution in [0.1, 0.15) is 14.5 Å². The second kappa shape index (κ2) is 6.28. The largest absolute Gasteiger partial charge is 0.320 e. The SMILES string of the molecule is NCC#Cc1ccc(C(=O)Nc2ccc(F)cc2F)s1. The van der Waals surface area contributed by atoms with E-state index in [-0.39, 0.29) is 12.2 Å². The number of nitrogens with one attached hydrogen (secondary N) is 1. The molecule has 0 spiro atoms. The van der Waals surface area contributed by atoms with Crippen LogP contribution in [0, 0.1) is 23.5 Å². The Kier molecular flexibility index (Phi) is 4.45. The third-order valence-electron chi connectivity index (χ3n) is 2.32. The first-order chi connectivity index (χ1) is 9.60. The van der Waals surface area contributed by atoms with Crippen molar-refractivity contribution >= 4 is 22.9 Å². The van der Waals surface area contributed by atoms with E-state index in [4.69, 9.17) is 5.73 Å². The average molecular weight is 292 g/mol. The minimum atomic E-state index is -0.821. The molecule has 1 heterocycles. The van der Waals surface area contributed by atoms with Crippen molar-refractivity contribution in [3.8, 4) is 11.8 Å². The van der Waals surface area contributed by atoms with Crippen molar-refractivity contribution in [2.45, 2.75) is 0 Å². The van der Waals surface area contributed by atoms with Crippen LogP contribution in [0.25, 0.3) is 0 Å². The lowest BCUT2D eigenvalue weighted by Gasteiger charge is -2.04. The molecule has 0 aliphatic heterocycles. The summed E-state index contributed by atoms with van der Waals surface area (Å²) in [6, 6.07) is 6.23. The van der Waals surface area contributed by atoms with Crippen molar-refractivity contribution in [3.05, 3.63) is 51.7 Å². The molecule has 0 atom stereocenters. The quantitative estimate of drug-likeness (QED) is 0.836. The van der Waals surface area contributed by atoms with Gasteiger partial charge in [0.15, 0.2) is 0 Å². The summed E-state index contributed by atoms with van der Waals surface area (Å²) in [7, 11) is 0. The lowest BCUT2D eigenvalue weighted by molar-refractivity contribution is 0.103. The molecular formula is C14H10F2N2OS. The Morgan fingerprint density at radius 1 is 1.30 bits per heavy atom. The summed E-state index contributed by atoms with van der Waals surface area (Å²) in [6.07, 6.45) is 0. The fourth-order valence-corrected chi connectivity index (χ4v) is 2.22. The van der Waals surface area contributed by atoms with Crippen LogP contribution >= 0.6 is 11.3 Å². The highest BCUT2D eigenvalue weighted by Gasteiger charge is 2.11. The summed E-state index contributed by atoms with van der Waals surface area (Å²) < 4.78 is 26.2. The summed E-state index contributed by atoms with van der Waals surface area (Å²) in [5, 5.41) is 2.38. The van der Waals surface area contributed by atoms with Crippen molar-refractivity contribution in [1.29, 1.82) is 0 Å². The summed E-state index contributed by atoms with van der Waals surface area (Å²) in [6.45, 7) is 0.236. The molecule has 3 nitrogen and oxygen atoms in total. The first kappa shape index (κ1) is 14.2. The number of rotatable bonds is 2. The molecule has 0 fully saturated rings. The minimum absolute atomic E-state index is 0.0700. The number of carbonyl (C=O) groups is 1. The van der Waals surface area contributed by atoms with Gasteiger partial charge in [-0.1, -0.05) is 11.8 Å². The first-order valence-electron chi connectivity index (χ1n) is 5.65. The van der Waals surface area contributed by atoms with Crippen LogP contribution < -0.4 is 11.1 Å². The van der Waals surface area contributed by atoms with E-state index in [1.54, 1.807) is 12.1 Å². The summed E-state index contributed by atoms with van der Waals surface area (Å²) in [5.74, 6) is 3.49. The minimum Gasteiger partial charge on any atom is -0.320 e. The van der Waals surface area contributed by atoms with E-state index in [1.165, 1.54) is 17.4 Å². The summed E-state index contributed by atoms with van der Waals surface area (Å²) in [5.41, 5.74) is 5.18. The molecule has 0 aliphatic carbocycles. The van der Waals surface area contributed by atoms with Gasteiger partial charge >= 0.3 is 0 Å². The molecule has 1 amide bonds. The van der Waals surface area contributed by atoms with Crippen LogP contribution in [0.4, 0.5) is 14.5 Å². The molecule has 0 bridgehead atoms. The van der Waals surface area contributed by atoms with Gasteiger partial charge < -0.3 is 11.1 Å². The van der Waals surface area contributed by atoms with Gasteiger partial charge in [0.1, 0.15) is 11.6 Å². The highest BCUT2D eigenvalue weighted by Crippen LogP contribution is 2.19. The number of amides is 1. The van der Waals surface area contributed by atoms with Gasteiger partial charge in [-0.2, -0.15) is 0 Å². The number of anilines is 1. The van der Waals surface area contributed by atoms with Gasteiger partial charge in [-0.05, 0) is 24.3 Å². The second-order valence-corrected chi connectivity index (χ2v) is 4.83. The van der Waals surface area contributed by atoms with Gasteiger partial charge in [0.2, 0.25) is 0 Å². The number of hydrogen-bond donors (Lipinski definition) is 2. The third kappa shape index (κ3) is 3.41. The topological polar surface area (TPSA) is 55.1 Å². The Bertz CT molecular complexity index is 701. The average Bonchev–Trinajstić information content (AvgIpc) is 2.88. The predicted octanol–water partition coefficient (Wildman–Crippen LogP) is 2.59. The van der Waals surface area contributed by atoms with E-state index in [0.29, 0.717) is 15.8 Å². The lowest BCUT2D eigenvalue weighted by Crippen LogP contribution is -2.11. The van der Waals surface area contributed by atoms with Crippen molar-refractivity contribution in [3.63, 3.8) is 0 Å². The number of thiophene rings is 1. The zero-order valence-corrected chi connectivity index (χ0v) is 11.1. The van der Waals surface area contributed by atoms with Crippen LogP contribution in [0.3, 0.4) is 0 Å². The third-order valence-corrected chi connectivity index (χ3v) is 3.32. The maximum atomic E-state index is 13.4. The molecule has 0 unspecified atom stereocenters. The molecule has 1 aromatic heterocycles. The number of carbonyl (C=O) groups excluding carboxylic acids is 1. The van der Waals surface area contributed by atoms with Crippen LogP contribution in [-0.4, -0.2) is 12.5 Å². The monoisotopic (exact) mass is 292 g/mol. The molecule has 0 saturated heterocycles. The van der Waals surface area contributed by atoms with Gasteiger partial charge in [0, 0.05) is 6.07 Å². The Labute approximate surface area is 118 Å². The predicted molar refractivity (Wildman–Crippen MR) is 74.6 cm³/mol. The Hall–Kier alpha value is -2.23. The van der Waals surface area contributed by atoms with Gasteiger partial charge in [-0.3, -0.25) is 4.79 Å². The fraction of sp³-hybridized carbons (Fsp3) is 0.0714. The zero-order chi connectivity index (χ0) is 14.5. The highest BCUT2D eigenvalue weighted by molar-refractivity contribution is 7.14. The van der Waals surface area contributed by atoms with Crippen molar-refractivity contribution in [2.24, 2.45) is 5.73 Å². The molecule has 0 aliphatic rings. The van der Waals surface area contributed by atoms with Gasteiger partial charge in [0.05, 0.1) is 22.0 Å². The number of benzene rings is 1. The molecular weight excluding hydrogens is 282 g/mol. The molecule has 6 heteroatoms. The van der Waals surface area contributed by atoms with Gasteiger partial charge in [0.25, 0.3) is 5.91 Å². The lowest BCUT2D eigenvalue weighted by atomic mass is 10.3. The smallest absolute Gasteiger partial charge is 0.265 e. The summed E-state index contributed by atoms with van der Waals surface area (Å²) in [4.78, 5) is 13.0. The van der Waals surface area contributed by atoms with E-state index in [9.17, 15) is 13.6 Å². The number of halogens is 2. The number of hydrogen-bond acceptors (Lipinski definition) is 3. The van der Waals surface area contributed by atoms with E-state index in [2.05, 4.69) is 17.2 Å². The van der Waals surface area contributed by atoms with Crippen molar-refractivity contribution in [2.75, 3.05) is 11.9 Å². The van der Waals surface area contributed by atoms with E-state index < -0.39 is 17.5 Å². The maximum Gasteiger partial charge on any atom is 0.265 e. The van der Waals surface area contributed by atoms with Crippen molar-refractivity contribution < 1.29 is 13.6 Å². The molecule has 0 saturated carbocycles. The fourth-order valence-electron chi connectivity index (χ4n) is 1.44. The van der Waals surface area contributed by atoms with E-state index in [1.807, 2.05) is 0 Å². The zero-order valence-electron chi connectivity index (χ0n) is 10.2. The van der Waals surface area contributed by atoms with Gasteiger partial charge in [-0.15, -0.1) is 11.3 Å². The standard InChI is InChI=1S/C14H10F2N2OS/c15-9-3-5-12(11(16)8-9)18-14(19)13-6-4-10(20-13)2-1-7-17/h3-6,8H,7,17H2,(H,18,19). The molecule has 3 N–H and O–H groups in total. The molecule has 20 heavy (non-hydrogen) atoms. The first-order valence-corrected chi connectivity index (χ1v) is 6.47. The van der Waals surface area contributed by atoms with Crippen LogP contribution in [0.5, 0.6) is 0 Å². The molecule has 102 valence electrons. The molecule has 2 rings (SSSR count). The molecule has 0 radical (unpaired) electrons. The Morgan fingerprint density at radius 2 is 2.10 bits per heavy atom. The van der Waals surface area contributed by atoms with Crippen LogP contribution in [-0.2, 0) is 0 Å². The maximum absolute atomic E-state index is 13.4. The Morgan fingerprint density at radius 3 is 2.80 bits per heavy atom. The Balaban J connectivity index is 2.13.